The SMILES string of the molecule is CC(C)C(NC(=O)CCc1ccc(N)cc1)P(=O)(O)OC(CCCCN)C(=O)O.[HH]. The highest BCUT2D eigenvalue weighted by Gasteiger charge is 2.40. The van der Waals surface area contributed by atoms with E-state index in [0.717, 1.165) is 5.56 Å². The third-order valence-electron chi connectivity index (χ3n) is 4.39. The summed E-state index contributed by atoms with van der Waals surface area (Å²) in [7, 11) is -4.43. The summed E-state index contributed by atoms with van der Waals surface area (Å²) in [5.74, 6) is -3.40. The van der Waals surface area contributed by atoms with Gasteiger partial charge in [-0.25, -0.2) is 4.79 Å². The van der Waals surface area contributed by atoms with Gasteiger partial charge in [-0.3, -0.25) is 13.9 Å². The Morgan fingerprint density at radius 3 is 2.38 bits per heavy atom. The largest absolute Gasteiger partial charge is 0.479 e. The summed E-state index contributed by atoms with van der Waals surface area (Å²) in [4.78, 5) is 34.1. The molecule has 0 bridgehead atoms. The van der Waals surface area contributed by atoms with Crippen molar-refractivity contribution in [3.63, 3.8) is 0 Å². The van der Waals surface area contributed by atoms with Gasteiger partial charge in [-0.1, -0.05) is 26.0 Å². The second-order valence-electron chi connectivity index (χ2n) is 7.28. The lowest BCUT2D eigenvalue weighted by Crippen LogP contribution is -2.40. The maximum Gasteiger partial charge on any atom is 0.351 e. The van der Waals surface area contributed by atoms with Gasteiger partial charge >= 0.3 is 13.6 Å². The predicted octanol–water partition coefficient (Wildman–Crippen LogP) is 2.33. The van der Waals surface area contributed by atoms with Crippen LogP contribution in [0.5, 0.6) is 0 Å². The van der Waals surface area contributed by atoms with Crippen LogP contribution in [0.3, 0.4) is 0 Å². The third kappa shape index (κ3) is 8.95. The highest BCUT2D eigenvalue weighted by atomic mass is 31.2. The molecule has 0 radical (unpaired) electrons. The van der Waals surface area contributed by atoms with Crippen LogP contribution in [0.15, 0.2) is 24.3 Å². The van der Waals surface area contributed by atoms with Crippen molar-refractivity contribution in [2.75, 3.05) is 12.3 Å². The van der Waals surface area contributed by atoms with Crippen molar-refractivity contribution in [3.05, 3.63) is 29.8 Å². The van der Waals surface area contributed by atoms with Crippen molar-refractivity contribution < 1.29 is 30.1 Å². The van der Waals surface area contributed by atoms with Crippen LogP contribution in [-0.4, -0.2) is 40.3 Å². The molecule has 0 heterocycles. The summed E-state index contributed by atoms with van der Waals surface area (Å²) < 4.78 is 17.9. The fourth-order valence-electron chi connectivity index (χ4n) is 2.75. The Hall–Kier alpha value is -1.93. The number of rotatable bonds is 13. The zero-order chi connectivity index (χ0) is 22.0. The summed E-state index contributed by atoms with van der Waals surface area (Å²) in [5.41, 5.74) is 12.5. The van der Waals surface area contributed by atoms with Crippen molar-refractivity contribution in [1.82, 2.24) is 5.32 Å². The van der Waals surface area contributed by atoms with Crippen molar-refractivity contribution in [3.8, 4) is 0 Å². The molecule has 0 saturated heterocycles. The number of hydrogen-bond acceptors (Lipinski definition) is 6. The summed E-state index contributed by atoms with van der Waals surface area (Å²) in [5, 5.41) is 11.8. The summed E-state index contributed by atoms with van der Waals surface area (Å²) in [6.45, 7) is 3.70. The Labute approximate surface area is 172 Å². The minimum absolute atomic E-state index is 0. The molecule has 1 aromatic rings. The number of carboxylic acids is 1. The number of carbonyl (C=O) groups is 2. The number of hydrogen-bond donors (Lipinski definition) is 5. The number of nitrogens with two attached hydrogens (primary N) is 2. The minimum atomic E-state index is -4.43. The number of anilines is 1. The lowest BCUT2D eigenvalue weighted by Gasteiger charge is -2.28. The van der Waals surface area contributed by atoms with Gasteiger partial charge in [-0.2, -0.15) is 0 Å². The second kappa shape index (κ2) is 11.9. The molecule has 10 heteroatoms. The third-order valence-corrected chi connectivity index (χ3v) is 6.37. The summed E-state index contributed by atoms with van der Waals surface area (Å²) in [6.07, 6.45) is 0.195. The Bertz CT molecular complexity index is 717. The maximum atomic E-state index is 12.8. The van der Waals surface area contributed by atoms with E-state index in [2.05, 4.69) is 5.32 Å². The highest BCUT2D eigenvalue weighted by Crippen LogP contribution is 2.50. The van der Waals surface area contributed by atoms with E-state index >= 15 is 0 Å². The standard InChI is InChI=1S/C19H32N3O6P.H2/c1-13(2)18(22-17(23)11-8-14-6-9-15(21)10-7-14)29(26,27)28-16(19(24)25)5-3-4-12-20;/h6-7,9-10,13,16,18H,3-5,8,11-12,20-21H2,1-2H3,(H,22,23)(H,24,25)(H,26,27);1H. The first kappa shape index (κ1) is 25.1. The molecule has 0 aliphatic heterocycles. The van der Waals surface area contributed by atoms with Crippen LogP contribution < -0.4 is 16.8 Å². The number of nitrogens with one attached hydrogen (secondary N) is 1. The van der Waals surface area contributed by atoms with Gasteiger partial charge in [0.2, 0.25) is 5.91 Å². The molecule has 0 aliphatic carbocycles. The van der Waals surface area contributed by atoms with Gasteiger partial charge in [-0.05, 0) is 55.8 Å². The van der Waals surface area contributed by atoms with Crippen molar-refractivity contribution >= 4 is 25.2 Å². The number of amides is 1. The molecule has 3 unspecified atom stereocenters. The number of carbonyl (C=O) groups excluding carboxylic acids is 1. The van der Waals surface area contributed by atoms with Crippen molar-refractivity contribution in [2.45, 2.75) is 57.8 Å². The Kier molecular flexibility index (Phi) is 10.3. The molecular formula is C19H34N3O6P. The van der Waals surface area contributed by atoms with E-state index in [4.69, 9.17) is 16.0 Å². The Morgan fingerprint density at radius 2 is 1.86 bits per heavy atom. The molecule has 0 aromatic heterocycles. The molecular weight excluding hydrogens is 397 g/mol. The molecule has 0 saturated carbocycles. The van der Waals surface area contributed by atoms with Crippen molar-refractivity contribution in [1.29, 1.82) is 0 Å². The van der Waals surface area contributed by atoms with E-state index in [0.29, 0.717) is 31.5 Å². The van der Waals surface area contributed by atoms with Crippen molar-refractivity contribution in [2.24, 2.45) is 11.7 Å². The van der Waals surface area contributed by atoms with Gasteiger partial charge in [0.25, 0.3) is 0 Å². The maximum absolute atomic E-state index is 12.8. The number of carboxylic acid groups (broad SMARTS) is 1. The van der Waals surface area contributed by atoms with Crippen LogP contribution in [0.2, 0.25) is 0 Å². The molecule has 1 aromatic carbocycles. The van der Waals surface area contributed by atoms with Gasteiger partial charge in [0.15, 0.2) is 6.10 Å². The fraction of sp³-hybridized carbons (Fsp3) is 0.579. The quantitative estimate of drug-likeness (QED) is 0.180. The number of benzene rings is 1. The number of aryl methyl sites for hydroxylation is 1. The molecule has 9 nitrogen and oxygen atoms in total. The average molecular weight is 431 g/mol. The Balaban J connectivity index is 0.00000841. The molecule has 3 atom stereocenters. The molecule has 166 valence electrons. The molecule has 0 spiro atoms. The first-order valence-corrected chi connectivity index (χ1v) is 11.3. The molecule has 0 fully saturated rings. The fourth-order valence-corrected chi connectivity index (χ4v) is 4.50. The molecule has 7 N–H and O–H groups in total. The first-order chi connectivity index (χ1) is 13.6. The smallest absolute Gasteiger partial charge is 0.351 e. The monoisotopic (exact) mass is 431 g/mol. The van der Waals surface area contributed by atoms with E-state index in [1.54, 1.807) is 38.1 Å². The lowest BCUT2D eigenvalue weighted by molar-refractivity contribution is -0.145. The zero-order valence-electron chi connectivity index (χ0n) is 16.9. The van der Waals surface area contributed by atoms with Gasteiger partial charge in [0.05, 0.1) is 0 Å². The zero-order valence-corrected chi connectivity index (χ0v) is 17.8. The number of aliphatic carboxylic acids is 1. The minimum Gasteiger partial charge on any atom is -0.479 e. The summed E-state index contributed by atoms with van der Waals surface area (Å²) >= 11 is 0. The van der Waals surface area contributed by atoms with E-state index in [1.807, 2.05) is 0 Å². The predicted molar refractivity (Wildman–Crippen MR) is 113 cm³/mol. The Morgan fingerprint density at radius 1 is 1.24 bits per heavy atom. The van der Waals surface area contributed by atoms with Gasteiger partial charge in [0.1, 0.15) is 5.78 Å². The topological polar surface area (TPSA) is 165 Å². The van der Waals surface area contributed by atoms with Crippen LogP contribution >= 0.6 is 7.60 Å². The molecule has 1 amide bonds. The number of unbranched alkanes of at least 4 members (excludes halogenated alkanes) is 1. The molecule has 0 aliphatic rings. The van der Waals surface area contributed by atoms with E-state index in [1.165, 1.54) is 0 Å². The lowest BCUT2D eigenvalue weighted by atomic mass is 10.1. The van der Waals surface area contributed by atoms with E-state index in [-0.39, 0.29) is 14.3 Å². The van der Waals surface area contributed by atoms with E-state index < -0.39 is 37.3 Å². The number of nitrogen functional groups attached to an aromatic ring is 1. The van der Waals surface area contributed by atoms with Crippen LogP contribution in [0, 0.1) is 5.92 Å². The normalized spacial score (nSPS) is 15.5. The highest BCUT2D eigenvalue weighted by molar-refractivity contribution is 7.53. The first-order valence-electron chi connectivity index (χ1n) is 9.64. The van der Waals surface area contributed by atoms with Crippen LogP contribution in [0.25, 0.3) is 0 Å². The van der Waals surface area contributed by atoms with Gasteiger partial charge in [-0.15, -0.1) is 0 Å². The van der Waals surface area contributed by atoms with Gasteiger partial charge in [0, 0.05) is 13.5 Å². The second-order valence-corrected chi connectivity index (χ2v) is 9.17. The van der Waals surface area contributed by atoms with Crippen LogP contribution in [0.1, 0.15) is 46.5 Å². The molecule has 1 rings (SSSR count). The van der Waals surface area contributed by atoms with Crippen LogP contribution in [-0.2, 0) is 25.1 Å². The van der Waals surface area contributed by atoms with Gasteiger partial charge < -0.3 is 26.8 Å². The van der Waals surface area contributed by atoms with E-state index in [9.17, 15) is 24.2 Å². The average Bonchev–Trinajstić information content (AvgIpc) is 2.64. The summed E-state index contributed by atoms with van der Waals surface area (Å²) in [6, 6.07) is 7.08. The van der Waals surface area contributed by atoms with Crippen LogP contribution in [0.4, 0.5) is 5.69 Å². The molecule has 29 heavy (non-hydrogen) atoms.